The van der Waals surface area contributed by atoms with Gasteiger partial charge < -0.3 is 9.13 Å². The van der Waals surface area contributed by atoms with Crippen molar-refractivity contribution in [3.63, 3.8) is 0 Å². The lowest BCUT2D eigenvalue weighted by Crippen LogP contribution is -2.13. The molecule has 0 atom stereocenters. The number of hydrogen-bond acceptors (Lipinski definition) is 0. The van der Waals surface area contributed by atoms with E-state index < -0.39 is 23.5 Å². The van der Waals surface area contributed by atoms with Gasteiger partial charge in [-0.15, -0.1) is 0 Å². The van der Waals surface area contributed by atoms with E-state index in [-0.39, 0.29) is 22.5 Å². The van der Waals surface area contributed by atoms with Crippen LogP contribution in [0, 0.1) is 13.8 Å². The number of aryl methyl sites for hydroxylation is 2. The second kappa shape index (κ2) is 13.8. The van der Waals surface area contributed by atoms with Crippen LogP contribution < -0.4 is 0 Å². The Labute approximate surface area is 341 Å². The molecule has 60 heavy (non-hydrogen) atoms. The third-order valence-electron chi connectivity index (χ3n) is 11.7. The van der Waals surface area contributed by atoms with Gasteiger partial charge in [0.1, 0.15) is 0 Å². The highest BCUT2D eigenvalue weighted by molar-refractivity contribution is 6.12. The van der Waals surface area contributed by atoms with Gasteiger partial charge in [-0.3, -0.25) is 0 Å². The van der Waals surface area contributed by atoms with Crippen LogP contribution in [0.5, 0.6) is 0 Å². The van der Waals surface area contributed by atoms with Crippen molar-refractivity contribution in [2.24, 2.45) is 0 Å². The van der Waals surface area contributed by atoms with Crippen LogP contribution >= 0.6 is 0 Å². The number of aromatic nitrogens is 2. The van der Waals surface area contributed by atoms with Crippen molar-refractivity contribution in [3.05, 3.63) is 192 Å². The standard InChI is InChI=1S/C52H34F6N2/c1-31-12-3-5-16-37(31)34-22-24-47-42(27-34)39-18-7-9-20-45(39)59(47)49-30-44(52(56,57)58)50(29-41(49)33-14-11-15-36(26-33)51(53,54)55)60-46-21-10-8-19-40(46)43-28-35(23-25-48(43)60)38-17-6-4-13-32(38)2/h3-30H,1-2H3. The summed E-state index contributed by atoms with van der Waals surface area (Å²) in [4.78, 5) is 0. The van der Waals surface area contributed by atoms with E-state index in [9.17, 15) is 13.2 Å². The molecule has 0 fully saturated rings. The van der Waals surface area contributed by atoms with Gasteiger partial charge in [0.25, 0.3) is 0 Å². The van der Waals surface area contributed by atoms with E-state index in [4.69, 9.17) is 0 Å². The fraction of sp³-hybridized carbons (Fsp3) is 0.0769. The Morgan fingerprint density at radius 3 is 1.33 bits per heavy atom. The maximum atomic E-state index is 15.9. The summed E-state index contributed by atoms with van der Waals surface area (Å²) in [6, 6.07) is 49.5. The molecule has 0 bridgehead atoms. The number of rotatable bonds is 5. The van der Waals surface area contributed by atoms with Gasteiger partial charge in [0, 0.05) is 27.1 Å². The molecular weight excluding hydrogens is 767 g/mol. The van der Waals surface area contributed by atoms with Crippen LogP contribution in [0.2, 0.25) is 0 Å². The van der Waals surface area contributed by atoms with Gasteiger partial charge >= 0.3 is 12.4 Å². The van der Waals surface area contributed by atoms with Crippen molar-refractivity contribution >= 4 is 43.6 Å². The molecule has 2 nitrogen and oxygen atoms in total. The first kappa shape index (κ1) is 37.2. The van der Waals surface area contributed by atoms with Crippen molar-refractivity contribution in [2.45, 2.75) is 26.2 Å². The van der Waals surface area contributed by atoms with E-state index in [1.165, 1.54) is 18.2 Å². The first-order valence-electron chi connectivity index (χ1n) is 19.5. The zero-order chi connectivity index (χ0) is 41.5. The minimum atomic E-state index is -4.87. The minimum Gasteiger partial charge on any atom is -0.309 e. The first-order chi connectivity index (χ1) is 28.9. The summed E-state index contributed by atoms with van der Waals surface area (Å²) in [6.07, 6.45) is -9.56. The van der Waals surface area contributed by atoms with E-state index in [0.717, 1.165) is 73.1 Å². The van der Waals surface area contributed by atoms with Crippen molar-refractivity contribution < 1.29 is 26.3 Å². The molecule has 0 radical (unpaired) electrons. The van der Waals surface area contributed by atoms with E-state index in [0.29, 0.717) is 22.1 Å². The fourth-order valence-electron chi connectivity index (χ4n) is 8.86. The Kier molecular flexibility index (Phi) is 8.54. The molecule has 0 spiro atoms. The van der Waals surface area contributed by atoms with Crippen LogP contribution in [-0.2, 0) is 12.4 Å². The summed E-state index contributed by atoms with van der Waals surface area (Å²) in [5.74, 6) is 0. The highest BCUT2D eigenvalue weighted by Crippen LogP contribution is 2.46. The van der Waals surface area contributed by atoms with Crippen LogP contribution in [0.3, 0.4) is 0 Å². The summed E-state index contributed by atoms with van der Waals surface area (Å²) in [5.41, 5.74) is 6.67. The fourth-order valence-corrected chi connectivity index (χ4v) is 8.86. The third kappa shape index (κ3) is 6.05. The predicted octanol–water partition coefficient (Wildman–Crippen LogP) is 15.5. The lowest BCUT2D eigenvalue weighted by molar-refractivity contribution is -0.138. The number of alkyl halides is 6. The van der Waals surface area contributed by atoms with Gasteiger partial charge in [0.05, 0.1) is 44.6 Å². The van der Waals surface area contributed by atoms with Crippen LogP contribution in [0.4, 0.5) is 26.3 Å². The van der Waals surface area contributed by atoms with Crippen LogP contribution in [-0.4, -0.2) is 9.13 Å². The summed E-state index contributed by atoms with van der Waals surface area (Å²) < 4.78 is 94.1. The Hall–Kier alpha value is -7.06. The van der Waals surface area contributed by atoms with E-state index in [2.05, 4.69) is 0 Å². The molecule has 0 amide bonds. The molecule has 8 aromatic carbocycles. The molecule has 0 aliphatic heterocycles. The Bertz CT molecular complexity index is 3330. The van der Waals surface area contributed by atoms with Gasteiger partial charge in [0.2, 0.25) is 0 Å². The van der Waals surface area contributed by atoms with Crippen LogP contribution in [0.25, 0.3) is 88.4 Å². The lowest BCUT2D eigenvalue weighted by atomic mass is 9.96. The highest BCUT2D eigenvalue weighted by Gasteiger charge is 2.37. The molecule has 2 aromatic heterocycles. The van der Waals surface area contributed by atoms with Gasteiger partial charge in [-0.25, -0.2) is 0 Å². The minimum absolute atomic E-state index is 0.0999. The van der Waals surface area contributed by atoms with Crippen LogP contribution in [0.15, 0.2) is 170 Å². The smallest absolute Gasteiger partial charge is 0.309 e. The largest absolute Gasteiger partial charge is 0.418 e. The maximum Gasteiger partial charge on any atom is 0.418 e. The quantitative estimate of drug-likeness (QED) is 0.153. The summed E-state index contributed by atoms with van der Waals surface area (Å²) in [6.45, 7) is 4.03. The monoisotopic (exact) mass is 800 g/mol. The van der Waals surface area contributed by atoms with Gasteiger partial charge in [-0.2, -0.15) is 26.3 Å². The maximum absolute atomic E-state index is 15.9. The average Bonchev–Trinajstić information content (AvgIpc) is 3.75. The molecule has 2 heterocycles. The molecule has 0 saturated heterocycles. The third-order valence-corrected chi connectivity index (χ3v) is 11.7. The molecular formula is C52H34F6N2. The number of benzene rings is 8. The Balaban J connectivity index is 1.31. The zero-order valence-electron chi connectivity index (χ0n) is 32.3. The Morgan fingerprint density at radius 2 is 0.817 bits per heavy atom. The molecule has 10 rings (SSSR count). The summed E-state index contributed by atoms with van der Waals surface area (Å²) in [7, 11) is 0. The molecule has 294 valence electrons. The molecule has 0 unspecified atom stereocenters. The molecule has 0 aliphatic carbocycles. The normalized spacial score (nSPS) is 12.3. The summed E-state index contributed by atoms with van der Waals surface area (Å²) in [5, 5.41) is 3.08. The molecule has 10 aromatic rings. The van der Waals surface area contributed by atoms with E-state index in [1.54, 1.807) is 21.3 Å². The zero-order valence-corrected chi connectivity index (χ0v) is 32.3. The average molecular weight is 801 g/mol. The number of fused-ring (bicyclic) bond motifs is 6. The van der Waals surface area contributed by atoms with Crippen molar-refractivity contribution in [1.29, 1.82) is 0 Å². The number of hydrogen-bond donors (Lipinski definition) is 0. The van der Waals surface area contributed by atoms with Gasteiger partial charge in [0.15, 0.2) is 0 Å². The second-order valence-electron chi connectivity index (χ2n) is 15.3. The van der Waals surface area contributed by atoms with Gasteiger partial charge in [-0.1, -0.05) is 109 Å². The van der Waals surface area contributed by atoms with Crippen molar-refractivity contribution in [1.82, 2.24) is 9.13 Å². The van der Waals surface area contributed by atoms with E-state index >= 15 is 13.2 Å². The predicted molar refractivity (Wildman–Crippen MR) is 231 cm³/mol. The molecule has 0 saturated carbocycles. The second-order valence-corrected chi connectivity index (χ2v) is 15.3. The highest BCUT2D eigenvalue weighted by atomic mass is 19.4. The van der Waals surface area contributed by atoms with Gasteiger partial charge in [-0.05, 0) is 113 Å². The molecule has 0 aliphatic rings. The summed E-state index contributed by atoms with van der Waals surface area (Å²) >= 11 is 0. The number of nitrogens with zero attached hydrogens (tertiary/aromatic N) is 2. The Morgan fingerprint density at radius 1 is 0.350 bits per heavy atom. The van der Waals surface area contributed by atoms with Crippen molar-refractivity contribution in [2.75, 3.05) is 0 Å². The molecule has 8 heteroatoms. The van der Waals surface area contributed by atoms with E-state index in [1.807, 2.05) is 135 Å². The SMILES string of the molecule is Cc1ccccc1-c1ccc2c(c1)c1ccccc1n2-c1cc(C(F)(F)F)c(-n2c3ccccc3c3cc(-c4ccccc4C)ccc32)cc1-c1cccc(C(F)(F)F)c1. The molecule has 0 N–H and O–H groups in total. The topological polar surface area (TPSA) is 9.86 Å². The van der Waals surface area contributed by atoms with Crippen molar-refractivity contribution in [3.8, 4) is 44.8 Å². The van der Waals surface area contributed by atoms with Crippen LogP contribution in [0.1, 0.15) is 22.3 Å². The lowest BCUT2D eigenvalue weighted by Gasteiger charge is -2.22. The first-order valence-corrected chi connectivity index (χ1v) is 19.5. The number of para-hydroxylation sites is 2. The number of halogens is 6.